The zero-order valence-corrected chi connectivity index (χ0v) is 13.6. The van der Waals surface area contributed by atoms with Crippen molar-refractivity contribution in [3.8, 4) is 0 Å². The average Bonchev–Trinajstić information content (AvgIpc) is 2.50. The van der Waals surface area contributed by atoms with Crippen LogP contribution in [0.25, 0.3) is 0 Å². The predicted molar refractivity (Wildman–Crippen MR) is 90.0 cm³/mol. The highest BCUT2D eigenvalue weighted by molar-refractivity contribution is 4.65. The smallest absolute Gasteiger partial charge is 0.0688 e. The molecule has 0 amide bonds. The quantitative estimate of drug-likeness (QED) is 0.408. The molecule has 0 radical (unpaired) electrons. The molecule has 0 aromatic heterocycles. The topological polar surface area (TPSA) is 46.2 Å². The Kier molecular flexibility index (Phi) is 11.4. The van der Waals surface area contributed by atoms with Gasteiger partial charge in [-0.15, -0.1) is 0 Å². The molecule has 0 aliphatic heterocycles. The molecule has 0 heterocycles. The van der Waals surface area contributed by atoms with Gasteiger partial charge in [-0.2, -0.15) is 0 Å². The van der Waals surface area contributed by atoms with Crippen molar-refractivity contribution >= 4 is 0 Å². The van der Waals surface area contributed by atoms with E-state index in [0.717, 1.165) is 12.8 Å². The van der Waals surface area contributed by atoms with Crippen LogP contribution < -0.4 is 5.73 Å². The maximum Gasteiger partial charge on any atom is 0.0688 e. The molecule has 0 saturated carbocycles. The van der Waals surface area contributed by atoms with E-state index < -0.39 is 19.0 Å². The highest BCUT2D eigenvalue weighted by atomic mass is 16.3. The number of hydrogen-bond donors (Lipinski definition) is 2. The summed E-state index contributed by atoms with van der Waals surface area (Å²) in [6.07, 6.45) is 16.2. The summed E-state index contributed by atoms with van der Waals surface area (Å²) in [6.45, 7) is -0.00151. The molecule has 2 heteroatoms. The monoisotopic (exact) mass is 288 g/mol. The Morgan fingerprint density at radius 2 is 1.20 bits per heavy atom. The SMILES string of the molecule is [2H]C([2H])([2H])[C@H](N)[C@@H](O)CCCCCCCCCCCCCCC. The Hall–Kier alpha value is -0.0800. The lowest BCUT2D eigenvalue weighted by Crippen LogP contribution is -2.31. The second-order valence-electron chi connectivity index (χ2n) is 6.12. The molecule has 0 unspecified atom stereocenters. The van der Waals surface area contributed by atoms with Gasteiger partial charge in [0.15, 0.2) is 0 Å². The Morgan fingerprint density at radius 3 is 1.60 bits per heavy atom. The van der Waals surface area contributed by atoms with Crippen LogP contribution in [-0.2, 0) is 0 Å². The first-order valence-corrected chi connectivity index (χ1v) is 8.83. The fraction of sp³-hybridized carbons (Fsp3) is 1.00. The molecule has 0 aromatic carbocycles. The minimum absolute atomic E-state index is 0.497. The summed E-state index contributed by atoms with van der Waals surface area (Å²) in [5, 5.41) is 9.75. The van der Waals surface area contributed by atoms with Crippen LogP contribution >= 0.6 is 0 Å². The maximum atomic E-state index is 9.75. The minimum atomic E-state index is -2.25. The van der Waals surface area contributed by atoms with Gasteiger partial charge in [0.1, 0.15) is 0 Å². The van der Waals surface area contributed by atoms with E-state index in [0.29, 0.717) is 6.42 Å². The van der Waals surface area contributed by atoms with Gasteiger partial charge in [-0.3, -0.25) is 0 Å². The number of nitrogens with two attached hydrogens (primary N) is 1. The van der Waals surface area contributed by atoms with Crippen LogP contribution in [0.15, 0.2) is 0 Å². The molecule has 0 bridgehead atoms. The summed E-state index contributed by atoms with van der Waals surface area (Å²) in [7, 11) is 0. The number of hydrogen-bond acceptors (Lipinski definition) is 2. The number of aliphatic hydroxyl groups excluding tert-OH is 1. The van der Waals surface area contributed by atoms with E-state index in [9.17, 15) is 5.11 Å². The summed E-state index contributed by atoms with van der Waals surface area (Å²) in [4.78, 5) is 0. The van der Waals surface area contributed by atoms with Gasteiger partial charge in [-0.1, -0.05) is 90.4 Å². The van der Waals surface area contributed by atoms with E-state index in [4.69, 9.17) is 9.85 Å². The minimum Gasteiger partial charge on any atom is -0.392 e. The lowest BCUT2D eigenvalue weighted by atomic mass is 10.0. The Bertz CT molecular complexity index is 259. The van der Waals surface area contributed by atoms with Gasteiger partial charge in [0, 0.05) is 10.2 Å². The molecular formula is C18H39NO. The molecule has 0 fully saturated rings. The summed E-state index contributed by atoms with van der Waals surface area (Å²) in [5.41, 5.74) is 5.53. The zero-order chi connectivity index (χ0) is 17.6. The highest BCUT2D eigenvalue weighted by Gasteiger charge is 2.07. The van der Waals surface area contributed by atoms with E-state index in [1.165, 1.54) is 70.6 Å². The third kappa shape index (κ3) is 14.3. The van der Waals surface area contributed by atoms with Gasteiger partial charge in [0.2, 0.25) is 0 Å². The van der Waals surface area contributed by atoms with Gasteiger partial charge >= 0.3 is 0 Å². The van der Waals surface area contributed by atoms with E-state index in [-0.39, 0.29) is 0 Å². The van der Waals surface area contributed by atoms with Gasteiger partial charge in [-0.05, 0) is 13.3 Å². The van der Waals surface area contributed by atoms with Crippen molar-refractivity contribution in [3.63, 3.8) is 0 Å². The Balaban J connectivity index is 3.28. The van der Waals surface area contributed by atoms with Crippen molar-refractivity contribution in [1.29, 1.82) is 0 Å². The van der Waals surface area contributed by atoms with Gasteiger partial charge in [-0.25, -0.2) is 0 Å². The Morgan fingerprint density at radius 1 is 0.800 bits per heavy atom. The van der Waals surface area contributed by atoms with E-state index in [2.05, 4.69) is 6.92 Å². The molecule has 0 aliphatic rings. The first kappa shape index (κ1) is 14.8. The molecule has 0 rings (SSSR count). The van der Waals surface area contributed by atoms with Crippen LogP contribution in [-0.4, -0.2) is 17.3 Å². The third-order valence-electron chi connectivity index (χ3n) is 4.02. The number of aliphatic hydroxyl groups is 1. The molecule has 2 atom stereocenters. The molecule has 0 aliphatic carbocycles. The molecule has 0 saturated heterocycles. The van der Waals surface area contributed by atoms with Gasteiger partial charge in [0.25, 0.3) is 0 Å². The summed E-state index contributed by atoms with van der Waals surface area (Å²) >= 11 is 0. The van der Waals surface area contributed by atoms with Crippen molar-refractivity contribution in [2.75, 3.05) is 0 Å². The number of unbranched alkanes of at least 4 members (excludes halogenated alkanes) is 12. The zero-order valence-electron chi connectivity index (χ0n) is 16.6. The molecule has 122 valence electrons. The molecular weight excluding hydrogens is 246 g/mol. The van der Waals surface area contributed by atoms with Crippen LogP contribution in [0.4, 0.5) is 0 Å². The molecule has 2 nitrogen and oxygen atoms in total. The fourth-order valence-electron chi connectivity index (χ4n) is 2.55. The van der Waals surface area contributed by atoms with Crippen molar-refractivity contribution in [2.24, 2.45) is 5.73 Å². The molecule has 20 heavy (non-hydrogen) atoms. The highest BCUT2D eigenvalue weighted by Crippen LogP contribution is 2.13. The summed E-state index contributed by atoms with van der Waals surface area (Å²) in [6, 6.07) is -1.11. The van der Waals surface area contributed by atoms with Gasteiger partial charge in [0.05, 0.1) is 6.10 Å². The molecule has 3 N–H and O–H groups in total. The van der Waals surface area contributed by atoms with Crippen LogP contribution in [0, 0.1) is 0 Å². The Labute approximate surface area is 131 Å². The number of rotatable bonds is 15. The molecule has 0 spiro atoms. The van der Waals surface area contributed by atoms with Crippen molar-refractivity contribution in [2.45, 2.75) is 116 Å². The van der Waals surface area contributed by atoms with Crippen molar-refractivity contribution in [1.82, 2.24) is 0 Å². The fourth-order valence-corrected chi connectivity index (χ4v) is 2.55. The summed E-state index contributed by atoms with van der Waals surface area (Å²) < 4.78 is 21.6. The average molecular weight is 289 g/mol. The van der Waals surface area contributed by atoms with E-state index in [1.807, 2.05) is 0 Å². The van der Waals surface area contributed by atoms with E-state index >= 15 is 0 Å². The standard InChI is InChI=1S/C18H39NO/c1-3-4-5-6-7-8-9-10-11-12-13-14-15-16-18(20)17(2)19/h17-18,20H,3-16,19H2,1-2H3/t17-,18-/m0/s1/i2D3. The van der Waals surface area contributed by atoms with Crippen LogP contribution in [0.2, 0.25) is 0 Å². The lowest BCUT2D eigenvalue weighted by Gasteiger charge is -2.13. The van der Waals surface area contributed by atoms with Crippen molar-refractivity contribution < 1.29 is 9.22 Å². The second-order valence-corrected chi connectivity index (χ2v) is 6.12. The predicted octanol–water partition coefficient (Wildman–Crippen LogP) is 5.18. The third-order valence-corrected chi connectivity index (χ3v) is 4.02. The first-order chi connectivity index (χ1) is 10.9. The first-order valence-electron chi connectivity index (χ1n) is 10.3. The maximum absolute atomic E-state index is 9.75. The molecule has 0 aromatic rings. The second kappa shape index (κ2) is 15.3. The lowest BCUT2D eigenvalue weighted by molar-refractivity contribution is 0.138. The van der Waals surface area contributed by atoms with Crippen LogP contribution in [0.5, 0.6) is 0 Å². The van der Waals surface area contributed by atoms with Crippen LogP contribution in [0.3, 0.4) is 0 Å². The normalized spacial score (nSPS) is 17.2. The van der Waals surface area contributed by atoms with Crippen molar-refractivity contribution in [3.05, 3.63) is 0 Å². The van der Waals surface area contributed by atoms with Gasteiger partial charge < -0.3 is 10.8 Å². The largest absolute Gasteiger partial charge is 0.392 e. The van der Waals surface area contributed by atoms with Crippen LogP contribution in [0.1, 0.15) is 108 Å². The summed E-state index contributed by atoms with van der Waals surface area (Å²) in [5.74, 6) is 0. The van der Waals surface area contributed by atoms with E-state index in [1.54, 1.807) is 0 Å².